The predicted octanol–water partition coefficient (Wildman–Crippen LogP) is 8.81. The summed E-state index contributed by atoms with van der Waals surface area (Å²) in [6.07, 6.45) is 0.719. The smallest absolute Gasteiger partial charge is 0.232 e. The Kier molecular flexibility index (Phi) is 6.30. The molecule has 0 heterocycles. The topological polar surface area (TPSA) is 4.36 Å². The van der Waals surface area contributed by atoms with Crippen molar-refractivity contribution in [3.8, 4) is 22.3 Å². The van der Waals surface area contributed by atoms with E-state index >= 15 is 0 Å². The summed E-state index contributed by atoms with van der Waals surface area (Å²) in [5, 5.41) is 0. The maximum absolute atomic E-state index is 14.2. The second-order valence-corrected chi connectivity index (χ2v) is 8.79. The number of aryl methyl sites for hydroxylation is 4. The average Bonchev–Trinajstić information content (AvgIpc) is 2.76. The fourth-order valence-corrected chi connectivity index (χ4v) is 4.60. The molecule has 0 aliphatic heterocycles. The first-order valence-corrected chi connectivity index (χ1v) is 11.0. The van der Waals surface area contributed by atoms with Crippen LogP contribution in [0.15, 0.2) is 60.7 Å². The maximum atomic E-state index is 14.2. The molecule has 0 radical (unpaired) electrons. The molecule has 0 aliphatic carbocycles. The molecule has 0 aromatic heterocycles. The summed E-state index contributed by atoms with van der Waals surface area (Å²) in [7, 11) is 0. The van der Waals surface area contributed by atoms with E-state index < -0.39 is 17.3 Å². The summed E-state index contributed by atoms with van der Waals surface area (Å²) in [6, 6.07) is 18.0. The molecule has 1 nitrogen and oxygen atoms in total. The Morgan fingerprint density at radius 2 is 1.18 bits per heavy atom. The van der Waals surface area contributed by atoms with E-state index in [4.69, 9.17) is 6.57 Å². The first kappa shape index (κ1) is 23.3. The SMILES string of the molecule is [C-]#[N+]c1c(F)cc(-c2c(C)cc(-c3ccc(Cc4ccc(F)c(C)c4)cc3C)cc2C)cc1F. The molecule has 34 heavy (non-hydrogen) atoms. The van der Waals surface area contributed by atoms with Crippen molar-refractivity contribution in [2.24, 2.45) is 0 Å². The maximum Gasteiger partial charge on any atom is 0.256 e. The molecule has 0 atom stereocenters. The van der Waals surface area contributed by atoms with Crippen LogP contribution >= 0.6 is 0 Å². The van der Waals surface area contributed by atoms with Crippen molar-refractivity contribution >= 4 is 5.69 Å². The quantitative estimate of drug-likeness (QED) is 0.271. The molecule has 0 bridgehead atoms. The van der Waals surface area contributed by atoms with Crippen LogP contribution in [0, 0.1) is 51.7 Å². The monoisotopic (exact) mass is 455 g/mol. The van der Waals surface area contributed by atoms with Crippen LogP contribution in [-0.4, -0.2) is 0 Å². The fraction of sp³-hybridized carbons (Fsp3) is 0.167. The molecule has 0 saturated carbocycles. The van der Waals surface area contributed by atoms with Crippen LogP contribution in [0.25, 0.3) is 27.1 Å². The molecule has 170 valence electrons. The average molecular weight is 456 g/mol. The molecule has 4 heteroatoms. The lowest BCUT2D eigenvalue weighted by Gasteiger charge is -2.16. The number of benzene rings is 4. The standard InChI is InChI=1S/C30H24F3N/c1-17-10-21(14-22-7-9-26(31)18(2)11-22)6-8-25(17)23-12-19(3)29(20(4)13-23)24-15-27(32)30(34-5)28(33)16-24/h6-13,15-16H,14H2,1-4H3. The van der Waals surface area contributed by atoms with Crippen LogP contribution in [0.2, 0.25) is 0 Å². The van der Waals surface area contributed by atoms with Crippen LogP contribution < -0.4 is 0 Å². The van der Waals surface area contributed by atoms with Gasteiger partial charge in [0.2, 0.25) is 0 Å². The largest absolute Gasteiger partial charge is 0.256 e. The van der Waals surface area contributed by atoms with Crippen molar-refractivity contribution < 1.29 is 13.2 Å². The Balaban J connectivity index is 1.68. The van der Waals surface area contributed by atoms with Crippen molar-refractivity contribution in [2.75, 3.05) is 0 Å². The lowest BCUT2D eigenvalue weighted by Crippen LogP contribution is -1.95. The zero-order valence-electron chi connectivity index (χ0n) is 19.6. The second kappa shape index (κ2) is 9.19. The van der Waals surface area contributed by atoms with Crippen molar-refractivity contribution in [3.63, 3.8) is 0 Å². The summed E-state index contributed by atoms with van der Waals surface area (Å²) in [4.78, 5) is 2.94. The van der Waals surface area contributed by atoms with E-state index in [9.17, 15) is 13.2 Å². The number of hydrogen-bond acceptors (Lipinski definition) is 0. The third-order valence-corrected chi connectivity index (χ3v) is 6.18. The van der Waals surface area contributed by atoms with Crippen molar-refractivity contribution in [1.29, 1.82) is 0 Å². The second-order valence-electron chi connectivity index (χ2n) is 8.79. The number of halogens is 3. The van der Waals surface area contributed by atoms with E-state index in [-0.39, 0.29) is 5.82 Å². The third kappa shape index (κ3) is 4.47. The number of nitrogens with zero attached hydrogens (tertiary/aromatic N) is 1. The molecule has 0 fully saturated rings. The van der Waals surface area contributed by atoms with Gasteiger partial charge in [0.05, 0.1) is 6.57 Å². The van der Waals surface area contributed by atoms with E-state index in [1.54, 1.807) is 6.92 Å². The fourth-order valence-electron chi connectivity index (χ4n) is 4.60. The van der Waals surface area contributed by atoms with Gasteiger partial charge in [0.25, 0.3) is 5.69 Å². The van der Waals surface area contributed by atoms with Gasteiger partial charge < -0.3 is 0 Å². The van der Waals surface area contributed by atoms with Gasteiger partial charge in [-0.1, -0.05) is 42.5 Å². The predicted molar refractivity (Wildman–Crippen MR) is 132 cm³/mol. The Morgan fingerprint density at radius 1 is 0.618 bits per heavy atom. The molecule has 4 aromatic rings. The molecule has 0 amide bonds. The minimum absolute atomic E-state index is 0.197. The molecule has 0 aliphatic rings. The van der Waals surface area contributed by atoms with Crippen LogP contribution in [0.5, 0.6) is 0 Å². The van der Waals surface area contributed by atoms with Crippen LogP contribution in [-0.2, 0) is 6.42 Å². The van der Waals surface area contributed by atoms with Crippen LogP contribution in [0.3, 0.4) is 0 Å². The van der Waals surface area contributed by atoms with Gasteiger partial charge in [0.15, 0.2) is 0 Å². The molecule has 4 rings (SSSR count). The first-order valence-electron chi connectivity index (χ1n) is 11.0. The Bertz CT molecular complexity index is 1410. The summed E-state index contributed by atoms with van der Waals surface area (Å²) < 4.78 is 42.0. The lowest BCUT2D eigenvalue weighted by molar-refractivity contribution is 0.594. The zero-order chi connectivity index (χ0) is 24.6. The summed E-state index contributed by atoms with van der Waals surface area (Å²) in [5.74, 6) is -1.90. The van der Waals surface area contributed by atoms with E-state index in [1.165, 1.54) is 18.2 Å². The van der Waals surface area contributed by atoms with Crippen molar-refractivity contribution in [1.82, 2.24) is 0 Å². The van der Waals surface area contributed by atoms with Crippen LogP contribution in [0.4, 0.5) is 18.9 Å². The highest BCUT2D eigenvalue weighted by Crippen LogP contribution is 2.36. The van der Waals surface area contributed by atoms with E-state index in [2.05, 4.69) is 30.0 Å². The highest BCUT2D eigenvalue weighted by molar-refractivity contribution is 5.79. The molecule has 0 N–H and O–H groups in total. The zero-order valence-corrected chi connectivity index (χ0v) is 19.6. The van der Waals surface area contributed by atoms with Gasteiger partial charge in [-0.2, -0.15) is 0 Å². The third-order valence-electron chi connectivity index (χ3n) is 6.18. The van der Waals surface area contributed by atoms with E-state index in [0.717, 1.165) is 50.9 Å². The van der Waals surface area contributed by atoms with Gasteiger partial charge in [-0.25, -0.2) is 18.0 Å². The van der Waals surface area contributed by atoms with Gasteiger partial charge in [-0.3, -0.25) is 0 Å². The minimum atomic E-state index is -0.851. The van der Waals surface area contributed by atoms with E-state index in [0.29, 0.717) is 11.1 Å². The van der Waals surface area contributed by atoms with Gasteiger partial charge in [-0.05, 0) is 108 Å². The summed E-state index contributed by atoms with van der Waals surface area (Å²) >= 11 is 0. The van der Waals surface area contributed by atoms with Crippen LogP contribution in [0.1, 0.15) is 33.4 Å². The van der Waals surface area contributed by atoms with Crippen molar-refractivity contribution in [2.45, 2.75) is 34.1 Å². The number of hydrogen-bond donors (Lipinski definition) is 0. The Labute approximate surface area is 198 Å². The van der Waals surface area contributed by atoms with Gasteiger partial charge in [-0.15, -0.1) is 0 Å². The highest BCUT2D eigenvalue weighted by atomic mass is 19.1. The molecule has 0 unspecified atom stereocenters. The van der Waals surface area contributed by atoms with E-state index in [1.807, 2.05) is 38.1 Å². The molecule has 0 saturated heterocycles. The van der Waals surface area contributed by atoms with Gasteiger partial charge in [0.1, 0.15) is 17.5 Å². The summed E-state index contributed by atoms with van der Waals surface area (Å²) in [6.45, 7) is 14.6. The van der Waals surface area contributed by atoms with Gasteiger partial charge >= 0.3 is 0 Å². The lowest BCUT2D eigenvalue weighted by atomic mass is 9.89. The molecule has 4 aromatic carbocycles. The minimum Gasteiger partial charge on any atom is -0.232 e. The Morgan fingerprint density at radius 3 is 1.71 bits per heavy atom. The molecular weight excluding hydrogens is 431 g/mol. The highest BCUT2D eigenvalue weighted by Gasteiger charge is 2.16. The number of rotatable bonds is 4. The molecule has 0 spiro atoms. The normalized spacial score (nSPS) is 10.9. The molecular formula is C30H24F3N. The first-order chi connectivity index (χ1) is 16.2. The summed E-state index contributed by atoms with van der Waals surface area (Å²) in [5.41, 5.74) is 8.46. The van der Waals surface area contributed by atoms with Gasteiger partial charge in [0, 0.05) is 0 Å². The van der Waals surface area contributed by atoms with Crippen molar-refractivity contribution in [3.05, 3.63) is 123 Å². The Hall–Kier alpha value is -3.84.